The molecule has 7 heteroatoms. The first-order chi connectivity index (χ1) is 11.0. The molecule has 2 rings (SSSR count). The lowest BCUT2D eigenvalue weighted by molar-refractivity contribution is 0.251. The first-order valence-corrected chi connectivity index (χ1v) is 6.91. The quantitative estimate of drug-likeness (QED) is 0.822. The van der Waals surface area contributed by atoms with Crippen molar-refractivity contribution in [2.75, 3.05) is 11.9 Å². The molecule has 2 amide bonds. The van der Waals surface area contributed by atoms with Gasteiger partial charge in [-0.1, -0.05) is 12.1 Å². The number of nitrogens with one attached hydrogen (secondary N) is 2. The average Bonchev–Trinajstić information content (AvgIpc) is 2.55. The molecule has 0 aromatic heterocycles. The third kappa shape index (κ3) is 4.38. The highest BCUT2D eigenvalue weighted by molar-refractivity contribution is 5.89. The summed E-state index contributed by atoms with van der Waals surface area (Å²) in [6.45, 7) is 2.61. The number of hydrogen-bond acceptors (Lipinski definition) is 2. The Morgan fingerprint density at radius 1 is 1.04 bits per heavy atom. The maximum atomic E-state index is 13.4. The van der Waals surface area contributed by atoms with Gasteiger partial charge in [0.05, 0.1) is 12.3 Å². The maximum absolute atomic E-state index is 13.4. The van der Waals surface area contributed by atoms with Crippen LogP contribution in [0, 0.1) is 17.5 Å². The van der Waals surface area contributed by atoms with Crippen molar-refractivity contribution in [3.8, 4) is 5.75 Å². The molecule has 23 heavy (non-hydrogen) atoms. The van der Waals surface area contributed by atoms with E-state index in [2.05, 4.69) is 10.6 Å². The van der Waals surface area contributed by atoms with Crippen LogP contribution in [0.15, 0.2) is 36.4 Å². The van der Waals surface area contributed by atoms with Crippen LogP contribution >= 0.6 is 0 Å². The monoisotopic (exact) mass is 324 g/mol. The molecule has 2 N–H and O–H groups in total. The lowest BCUT2D eigenvalue weighted by Gasteiger charge is -2.09. The highest BCUT2D eigenvalue weighted by Gasteiger charge is 2.14. The molecule has 0 atom stereocenters. The van der Waals surface area contributed by atoms with Crippen LogP contribution in [0.5, 0.6) is 5.75 Å². The highest BCUT2D eigenvalue weighted by Crippen LogP contribution is 2.19. The third-order valence-electron chi connectivity index (χ3n) is 2.97. The zero-order chi connectivity index (χ0) is 16.8. The number of halogens is 3. The molecule has 122 valence electrons. The van der Waals surface area contributed by atoms with Gasteiger partial charge in [-0.25, -0.2) is 18.0 Å². The summed E-state index contributed by atoms with van der Waals surface area (Å²) < 4.78 is 44.6. The topological polar surface area (TPSA) is 50.4 Å². The van der Waals surface area contributed by atoms with Gasteiger partial charge < -0.3 is 15.4 Å². The van der Waals surface area contributed by atoms with Crippen molar-refractivity contribution in [3.05, 3.63) is 59.4 Å². The Hall–Kier alpha value is -2.70. The van der Waals surface area contributed by atoms with Crippen LogP contribution in [-0.2, 0) is 6.54 Å². The number of benzene rings is 2. The Morgan fingerprint density at radius 2 is 1.74 bits per heavy atom. The summed E-state index contributed by atoms with van der Waals surface area (Å²) >= 11 is 0. The Bertz CT molecular complexity index is 690. The van der Waals surface area contributed by atoms with E-state index in [1.54, 1.807) is 24.3 Å². The minimum Gasteiger partial charge on any atom is -0.494 e. The first kappa shape index (κ1) is 16.7. The van der Waals surface area contributed by atoms with E-state index < -0.39 is 29.2 Å². The van der Waals surface area contributed by atoms with Gasteiger partial charge in [-0.05, 0) is 36.8 Å². The summed E-state index contributed by atoms with van der Waals surface area (Å²) in [4.78, 5) is 11.7. The van der Waals surface area contributed by atoms with Gasteiger partial charge in [0.1, 0.15) is 5.75 Å². The number of carbonyl (C=O) groups excluding carboxylic acids is 1. The molecule has 0 radical (unpaired) electrons. The molecule has 0 aliphatic rings. The largest absolute Gasteiger partial charge is 0.494 e. The predicted molar refractivity (Wildman–Crippen MR) is 79.8 cm³/mol. The lowest BCUT2D eigenvalue weighted by Crippen LogP contribution is -2.28. The molecular weight excluding hydrogens is 309 g/mol. The van der Waals surface area contributed by atoms with E-state index >= 15 is 0 Å². The summed E-state index contributed by atoms with van der Waals surface area (Å²) in [5.74, 6) is -3.68. The summed E-state index contributed by atoms with van der Waals surface area (Å²) in [7, 11) is 0. The Kier molecular flexibility index (Phi) is 5.46. The van der Waals surface area contributed by atoms with Crippen LogP contribution in [0.3, 0.4) is 0 Å². The fourth-order valence-electron chi connectivity index (χ4n) is 1.84. The van der Waals surface area contributed by atoms with Crippen LogP contribution in [-0.4, -0.2) is 12.6 Å². The third-order valence-corrected chi connectivity index (χ3v) is 2.97. The minimum atomic E-state index is -1.63. The van der Waals surface area contributed by atoms with Gasteiger partial charge in [0.15, 0.2) is 17.5 Å². The van der Waals surface area contributed by atoms with E-state index in [1.165, 1.54) is 0 Å². The van der Waals surface area contributed by atoms with E-state index in [0.29, 0.717) is 12.4 Å². The molecule has 0 aliphatic heterocycles. The molecule has 0 saturated carbocycles. The number of urea groups is 1. The maximum Gasteiger partial charge on any atom is 0.319 e. The average molecular weight is 324 g/mol. The van der Waals surface area contributed by atoms with Crippen molar-refractivity contribution >= 4 is 11.7 Å². The van der Waals surface area contributed by atoms with Gasteiger partial charge in [-0.15, -0.1) is 0 Å². The first-order valence-electron chi connectivity index (χ1n) is 6.91. The van der Waals surface area contributed by atoms with E-state index in [0.717, 1.165) is 17.7 Å². The van der Waals surface area contributed by atoms with E-state index in [4.69, 9.17) is 4.74 Å². The lowest BCUT2D eigenvalue weighted by atomic mass is 10.2. The SMILES string of the molecule is CCOc1ccc(CNC(=O)Nc2ccc(F)c(F)c2F)cc1. The van der Waals surface area contributed by atoms with E-state index in [9.17, 15) is 18.0 Å². The van der Waals surface area contributed by atoms with Crippen molar-refractivity contribution in [1.29, 1.82) is 0 Å². The molecule has 0 bridgehead atoms. The summed E-state index contributed by atoms with van der Waals surface area (Å²) in [6.07, 6.45) is 0. The van der Waals surface area contributed by atoms with Crippen LogP contribution < -0.4 is 15.4 Å². The van der Waals surface area contributed by atoms with Gasteiger partial charge in [0.2, 0.25) is 0 Å². The minimum absolute atomic E-state index is 0.184. The highest BCUT2D eigenvalue weighted by atomic mass is 19.2. The van der Waals surface area contributed by atoms with Crippen LogP contribution in [0.4, 0.5) is 23.7 Å². The molecule has 4 nitrogen and oxygen atoms in total. The van der Waals surface area contributed by atoms with Crippen LogP contribution in [0.2, 0.25) is 0 Å². The van der Waals surface area contributed by atoms with Gasteiger partial charge in [-0.3, -0.25) is 0 Å². The van der Waals surface area contributed by atoms with Crippen LogP contribution in [0.25, 0.3) is 0 Å². The smallest absolute Gasteiger partial charge is 0.319 e. The van der Waals surface area contributed by atoms with Crippen molar-refractivity contribution < 1.29 is 22.7 Å². The number of ether oxygens (including phenoxy) is 1. The number of carbonyl (C=O) groups is 1. The Labute approximate surface area is 131 Å². The Morgan fingerprint density at radius 3 is 2.39 bits per heavy atom. The van der Waals surface area contributed by atoms with Crippen molar-refractivity contribution in [2.24, 2.45) is 0 Å². The summed E-state index contributed by atoms with van der Waals surface area (Å²) in [5, 5.41) is 4.61. The molecule has 0 aliphatic carbocycles. The van der Waals surface area contributed by atoms with Gasteiger partial charge >= 0.3 is 6.03 Å². The Balaban J connectivity index is 1.91. The molecule has 2 aromatic rings. The van der Waals surface area contributed by atoms with Crippen LogP contribution in [0.1, 0.15) is 12.5 Å². The predicted octanol–water partition coefficient (Wildman–Crippen LogP) is 3.82. The van der Waals surface area contributed by atoms with E-state index in [1.807, 2.05) is 6.92 Å². The molecular formula is C16H15F3N2O2. The van der Waals surface area contributed by atoms with Gasteiger partial charge in [-0.2, -0.15) is 0 Å². The van der Waals surface area contributed by atoms with Gasteiger partial charge in [0, 0.05) is 6.54 Å². The number of hydrogen-bond donors (Lipinski definition) is 2. The van der Waals surface area contributed by atoms with Crippen molar-refractivity contribution in [3.63, 3.8) is 0 Å². The summed E-state index contributed by atoms with van der Waals surface area (Å²) in [6, 6.07) is 8.00. The summed E-state index contributed by atoms with van der Waals surface area (Å²) in [5.41, 5.74) is 0.363. The number of rotatable bonds is 5. The second-order valence-corrected chi connectivity index (χ2v) is 4.61. The second kappa shape index (κ2) is 7.53. The van der Waals surface area contributed by atoms with Gasteiger partial charge in [0.25, 0.3) is 0 Å². The fraction of sp³-hybridized carbons (Fsp3) is 0.188. The molecule has 2 aromatic carbocycles. The fourth-order valence-corrected chi connectivity index (χ4v) is 1.84. The van der Waals surface area contributed by atoms with Crippen molar-refractivity contribution in [1.82, 2.24) is 5.32 Å². The van der Waals surface area contributed by atoms with E-state index in [-0.39, 0.29) is 6.54 Å². The molecule has 0 saturated heterocycles. The second-order valence-electron chi connectivity index (χ2n) is 4.61. The number of amides is 2. The zero-order valence-electron chi connectivity index (χ0n) is 12.3. The molecule has 0 spiro atoms. The standard InChI is InChI=1S/C16H15F3N2O2/c1-2-23-11-5-3-10(4-6-11)9-20-16(22)21-13-8-7-12(17)14(18)15(13)19/h3-8H,2,9H2,1H3,(H2,20,21,22). The molecule has 0 fully saturated rings. The molecule has 0 heterocycles. The van der Waals surface area contributed by atoms with Crippen molar-refractivity contribution in [2.45, 2.75) is 13.5 Å². The normalized spacial score (nSPS) is 10.3. The molecule has 0 unspecified atom stereocenters. The zero-order valence-corrected chi connectivity index (χ0v) is 12.3. The number of anilines is 1.